The topological polar surface area (TPSA) is 202 Å². The number of imidazole rings is 1. The van der Waals surface area contributed by atoms with Crippen molar-refractivity contribution >= 4 is 34.4 Å². The first-order valence-corrected chi connectivity index (χ1v) is 11.8. The van der Waals surface area contributed by atoms with E-state index in [0.717, 1.165) is 0 Å². The lowest BCUT2D eigenvalue weighted by Crippen LogP contribution is -2.40. The summed E-state index contributed by atoms with van der Waals surface area (Å²) in [5, 5.41) is 23.7. The molecule has 206 valence electrons. The monoisotopic (exact) mass is 542 g/mol. The smallest absolute Gasteiger partial charge is 0.342 e. The number of cyclic esters (lactones) is 1. The molecular formula is C24H26N6O9. The van der Waals surface area contributed by atoms with Crippen molar-refractivity contribution in [2.24, 2.45) is 0 Å². The molecular weight excluding hydrogens is 516 g/mol. The van der Waals surface area contributed by atoms with Crippen molar-refractivity contribution in [1.82, 2.24) is 24.8 Å². The molecule has 1 aromatic carbocycles. The summed E-state index contributed by atoms with van der Waals surface area (Å²) in [5.41, 5.74) is 7.10. The number of benzene rings is 1. The molecule has 2 aliphatic heterocycles. The van der Waals surface area contributed by atoms with Gasteiger partial charge >= 0.3 is 5.97 Å². The van der Waals surface area contributed by atoms with Gasteiger partial charge in [-0.1, -0.05) is 6.07 Å². The lowest BCUT2D eigenvalue weighted by Gasteiger charge is -2.16. The average Bonchev–Trinajstić information content (AvgIpc) is 3.62. The minimum absolute atomic E-state index is 0.127. The summed E-state index contributed by atoms with van der Waals surface area (Å²) in [7, 11) is 2.97. The minimum atomic E-state index is -1.33. The molecule has 39 heavy (non-hydrogen) atoms. The Morgan fingerprint density at radius 2 is 1.97 bits per heavy atom. The van der Waals surface area contributed by atoms with Crippen molar-refractivity contribution in [2.75, 3.05) is 39.7 Å². The second kappa shape index (κ2) is 10.7. The number of fused-ring (bicyclic) bond motifs is 1. The van der Waals surface area contributed by atoms with Crippen LogP contribution in [0.25, 0.3) is 16.7 Å². The van der Waals surface area contributed by atoms with Crippen molar-refractivity contribution < 1.29 is 43.5 Å². The van der Waals surface area contributed by atoms with Crippen LogP contribution in [0.3, 0.4) is 0 Å². The number of aromatic nitrogens is 4. The summed E-state index contributed by atoms with van der Waals surface area (Å²) < 4.78 is 28.4. The highest BCUT2D eigenvalue weighted by Crippen LogP contribution is 2.34. The van der Waals surface area contributed by atoms with E-state index >= 15 is 0 Å². The predicted molar refractivity (Wildman–Crippen MR) is 132 cm³/mol. The summed E-state index contributed by atoms with van der Waals surface area (Å²) in [6, 6.07) is 4.89. The maximum absolute atomic E-state index is 12.5. The summed E-state index contributed by atoms with van der Waals surface area (Å²) >= 11 is 0. The Kier molecular flexibility index (Phi) is 7.19. The Hall–Kier alpha value is -4.47. The second-order valence-electron chi connectivity index (χ2n) is 8.67. The number of aliphatic hydroxyl groups excluding tert-OH is 2. The van der Waals surface area contributed by atoms with Gasteiger partial charge in [0.2, 0.25) is 0 Å². The van der Waals surface area contributed by atoms with Gasteiger partial charge in [0.1, 0.15) is 48.1 Å². The number of methoxy groups -OCH3 is 2. The number of nitrogens with one attached hydrogen (secondary N) is 1. The zero-order valence-electron chi connectivity index (χ0n) is 20.9. The molecule has 4 heterocycles. The summed E-state index contributed by atoms with van der Waals surface area (Å²) in [4.78, 5) is 37.0. The highest BCUT2D eigenvalue weighted by atomic mass is 16.6. The normalized spacial score (nSPS) is 22.7. The summed E-state index contributed by atoms with van der Waals surface area (Å²) in [6.07, 6.45) is -1.97. The fraction of sp³-hybridized carbons (Fsp3) is 0.375. The van der Waals surface area contributed by atoms with E-state index in [1.165, 1.54) is 31.4 Å². The molecule has 0 radical (unpaired) electrons. The molecule has 3 aromatic rings. The van der Waals surface area contributed by atoms with Gasteiger partial charge < -0.3 is 44.9 Å². The van der Waals surface area contributed by atoms with Crippen LogP contribution >= 0.6 is 0 Å². The minimum Gasteiger partial charge on any atom is -0.493 e. The van der Waals surface area contributed by atoms with Crippen LogP contribution in [0.2, 0.25) is 0 Å². The highest BCUT2D eigenvalue weighted by molar-refractivity contribution is 6.19. The molecule has 2 aromatic heterocycles. The number of nitrogens with zero attached hydrogens (tertiary/aromatic N) is 4. The molecule has 1 fully saturated rings. The first-order chi connectivity index (χ1) is 18.8. The Balaban J connectivity index is 1.21. The fourth-order valence-corrected chi connectivity index (χ4v) is 4.38. The molecule has 0 saturated carbocycles. The number of anilines is 1. The number of carbonyl (C=O) groups is 2. The molecule has 2 aliphatic rings. The van der Waals surface area contributed by atoms with Gasteiger partial charge in [0.05, 0.1) is 20.5 Å². The van der Waals surface area contributed by atoms with E-state index < -0.39 is 43.0 Å². The van der Waals surface area contributed by atoms with Gasteiger partial charge in [-0.25, -0.2) is 19.7 Å². The van der Waals surface area contributed by atoms with Gasteiger partial charge in [0.15, 0.2) is 35.8 Å². The van der Waals surface area contributed by atoms with Crippen LogP contribution in [-0.2, 0) is 23.8 Å². The van der Waals surface area contributed by atoms with Gasteiger partial charge in [-0.15, -0.1) is 0 Å². The third kappa shape index (κ3) is 4.89. The summed E-state index contributed by atoms with van der Waals surface area (Å²) in [6.45, 7) is -0.696. The fourth-order valence-electron chi connectivity index (χ4n) is 4.38. The standard InChI is InChI=1S/C24H26N6O9/c1-35-12-4-3-11(5-13(12)36-2)17-15(7-38-24(17)34)37-8-16(31)26-6-14-19(32)20(33)23(39-14)30-10-29-18-21(25)27-9-28-22(18)30/h3-5,9-10,14,19-20,23,32-33H,6-8H2,1-2H3,(H,26,31)(H2,25,27,28)/t14-,19-,20-,23-/m1/s1. The lowest BCUT2D eigenvalue weighted by molar-refractivity contribution is -0.134. The van der Waals surface area contributed by atoms with Crippen LogP contribution in [0, 0.1) is 0 Å². The molecule has 15 nitrogen and oxygen atoms in total. The SMILES string of the molecule is COc1ccc(C2=C(OCC(=O)NC[C@H]3O[C@@H](n4cnc5c(N)ncnc54)[C@H](O)[C@@H]3O)COC2=O)cc1OC. The summed E-state index contributed by atoms with van der Waals surface area (Å²) in [5.74, 6) is 0.0968. The third-order valence-electron chi connectivity index (χ3n) is 6.37. The van der Waals surface area contributed by atoms with Crippen LogP contribution in [0.15, 0.2) is 36.6 Å². The number of aliphatic hydroxyl groups is 2. The number of rotatable bonds is 9. The van der Waals surface area contributed by atoms with Crippen LogP contribution in [0.5, 0.6) is 11.5 Å². The number of ether oxygens (including phenoxy) is 5. The highest BCUT2D eigenvalue weighted by Gasteiger charge is 2.44. The van der Waals surface area contributed by atoms with Crippen molar-refractivity contribution in [3.05, 3.63) is 42.2 Å². The van der Waals surface area contributed by atoms with Gasteiger partial charge in [-0.2, -0.15) is 0 Å². The third-order valence-corrected chi connectivity index (χ3v) is 6.37. The number of nitrogens with two attached hydrogens (primary N) is 1. The lowest BCUT2D eigenvalue weighted by atomic mass is 10.1. The molecule has 15 heteroatoms. The van der Waals surface area contributed by atoms with Crippen LogP contribution < -0.4 is 20.5 Å². The maximum Gasteiger partial charge on any atom is 0.342 e. The van der Waals surface area contributed by atoms with E-state index in [-0.39, 0.29) is 30.3 Å². The van der Waals surface area contributed by atoms with Gasteiger partial charge in [0.25, 0.3) is 5.91 Å². The Morgan fingerprint density at radius 3 is 2.74 bits per heavy atom. The number of carbonyl (C=O) groups excluding carboxylic acids is 2. The van der Waals surface area contributed by atoms with Gasteiger partial charge in [0, 0.05) is 6.54 Å². The van der Waals surface area contributed by atoms with E-state index in [1.54, 1.807) is 18.2 Å². The molecule has 4 atom stereocenters. The number of esters is 1. The first-order valence-electron chi connectivity index (χ1n) is 11.8. The second-order valence-corrected chi connectivity index (χ2v) is 8.67. The van der Waals surface area contributed by atoms with Crippen molar-refractivity contribution in [3.63, 3.8) is 0 Å². The number of amides is 1. The number of hydrogen-bond acceptors (Lipinski definition) is 13. The Bertz CT molecular complexity index is 1440. The van der Waals surface area contributed by atoms with Crippen molar-refractivity contribution in [2.45, 2.75) is 24.5 Å². The van der Waals surface area contributed by atoms with Gasteiger partial charge in [-0.05, 0) is 17.7 Å². The predicted octanol–water partition coefficient (Wildman–Crippen LogP) is -0.854. The zero-order chi connectivity index (χ0) is 27.7. The number of nitrogen functional groups attached to an aromatic ring is 1. The first kappa shape index (κ1) is 26.1. The molecule has 0 unspecified atom stereocenters. The molecule has 1 amide bonds. The number of hydrogen-bond donors (Lipinski definition) is 4. The van der Waals surface area contributed by atoms with E-state index in [2.05, 4.69) is 20.3 Å². The largest absolute Gasteiger partial charge is 0.493 e. The van der Waals surface area contributed by atoms with Crippen molar-refractivity contribution in [1.29, 1.82) is 0 Å². The molecule has 1 saturated heterocycles. The van der Waals surface area contributed by atoms with Gasteiger partial charge in [-0.3, -0.25) is 9.36 Å². The molecule has 0 aliphatic carbocycles. The molecule has 0 spiro atoms. The van der Waals surface area contributed by atoms with E-state index in [0.29, 0.717) is 28.2 Å². The van der Waals surface area contributed by atoms with Crippen LogP contribution in [0.4, 0.5) is 5.82 Å². The molecule has 5 N–H and O–H groups in total. The maximum atomic E-state index is 12.5. The van der Waals surface area contributed by atoms with Crippen LogP contribution in [-0.4, -0.2) is 93.9 Å². The van der Waals surface area contributed by atoms with E-state index in [4.69, 9.17) is 29.4 Å². The van der Waals surface area contributed by atoms with Crippen molar-refractivity contribution in [3.8, 4) is 11.5 Å². The van der Waals surface area contributed by atoms with E-state index in [9.17, 15) is 19.8 Å². The molecule has 5 rings (SSSR count). The molecule has 0 bridgehead atoms. The quantitative estimate of drug-likeness (QED) is 0.244. The average molecular weight is 543 g/mol. The van der Waals surface area contributed by atoms with E-state index in [1.807, 2.05) is 0 Å². The zero-order valence-corrected chi connectivity index (χ0v) is 20.9. The van der Waals surface area contributed by atoms with Crippen LogP contribution in [0.1, 0.15) is 11.8 Å². The Labute approximate surface area is 221 Å². The Morgan fingerprint density at radius 1 is 1.18 bits per heavy atom.